The fraction of sp³-hybridized carbons (Fsp3) is 0.263. The van der Waals surface area contributed by atoms with Crippen molar-refractivity contribution in [3.8, 4) is 0 Å². The number of alkyl halides is 3. The van der Waals surface area contributed by atoms with E-state index in [4.69, 9.17) is 0 Å². The van der Waals surface area contributed by atoms with Gasteiger partial charge in [-0.2, -0.15) is 13.2 Å². The Bertz CT molecular complexity index is 826. The summed E-state index contributed by atoms with van der Waals surface area (Å²) in [6, 6.07) is 10.3. The number of nitrogens with one attached hydrogen (secondary N) is 3. The minimum absolute atomic E-state index is 0. The Morgan fingerprint density at radius 3 is 2.17 bits per heavy atom. The Morgan fingerprint density at radius 1 is 0.966 bits per heavy atom. The lowest BCUT2D eigenvalue weighted by Gasteiger charge is -2.13. The van der Waals surface area contributed by atoms with Crippen LogP contribution < -0.4 is 16.0 Å². The zero-order valence-corrected chi connectivity index (χ0v) is 17.8. The molecule has 0 bridgehead atoms. The molecule has 29 heavy (non-hydrogen) atoms. The van der Waals surface area contributed by atoms with Crippen molar-refractivity contribution >= 4 is 35.8 Å². The van der Waals surface area contributed by atoms with E-state index in [0.29, 0.717) is 18.1 Å². The van der Waals surface area contributed by atoms with Gasteiger partial charge in [-0.25, -0.2) is 4.39 Å². The summed E-state index contributed by atoms with van der Waals surface area (Å²) < 4.78 is 51.2. The van der Waals surface area contributed by atoms with Crippen LogP contribution in [0.15, 0.2) is 53.5 Å². The second-order valence-corrected chi connectivity index (χ2v) is 5.77. The van der Waals surface area contributed by atoms with E-state index in [1.165, 1.54) is 6.07 Å². The largest absolute Gasteiger partial charge is 0.416 e. The molecule has 0 aliphatic carbocycles. The number of guanidine groups is 1. The first-order chi connectivity index (χ1) is 13.3. The van der Waals surface area contributed by atoms with E-state index in [9.17, 15) is 22.4 Å². The standard InChI is InChI=1S/C19H20F4N4O.HI/c1-24-18(27-12-14-4-2-3-5-16(14)20)26-11-10-25-17(28)13-6-8-15(9-7-13)19(21,22)23;/h2-9H,10-12H2,1H3,(H,25,28)(H2,24,26,27);1H. The first kappa shape index (κ1) is 24.7. The van der Waals surface area contributed by atoms with Gasteiger partial charge in [-0.1, -0.05) is 18.2 Å². The van der Waals surface area contributed by atoms with Gasteiger partial charge in [0.1, 0.15) is 5.82 Å². The van der Waals surface area contributed by atoms with Gasteiger partial charge < -0.3 is 16.0 Å². The summed E-state index contributed by atoms with van der Waals surface area (Å²) in [7, 11) is 1.55. The fourth-order valence-electron chi connectivity index (χ4n) is 2.31. The number of amides is 1. The van der Waals surface area contributed by atoms with Crippen molar-refractivity contribution < 1.29 is 22.4 Å². The number of rotatable bonds is 6. The second-order valence-electron chi connectivity index (χ2n) is 5.77. The summed E-state index contributed by atoms with van der Waals surface area (Å²) in [5.74, 6) is -0.383. The van der Waals surface area contributed by atoms with Crippen molar-refractivity contribution in [2.75, 3.05) is 20.1 Å². The normalized spacial score (nSPS) is 11.4. The van der Waals surface area contributed by atoms with Crippen LogP contribution in [-0.2, 0) is 12.7 Å². The maximum atomic E-state index is 13.6. The molecule has 0 aromatic heterocycles. The number of benzene rings is 2. The van der Waals surface area contributed by atoms with E-state index < -0.39 is 17.6 Å². The molecule has 158 valence electrons. The van der Waals surface area contributed by atoms with Crippen molar-refractivity contribution in [1.29, 1.82) is 0 Å². The molecular weight excluding hydrogens is 503 g/mol. The van der Waals surface area contributed by atoms with Crippen LogP contribution in [0.25, 0.3) is 0 Å². The number of aliphatic imine (C=N–C) groups is 1. The van der Waals surface area contributed by atoms with Crippen molar-refractivity contribution in [2.24, 2.45) is 4.99 Å². The average molecular weight is 524 g/mol. The highest BCUT2D eigenvalue weighted by Crippen LogP contribution is 2.29. The summed E-state index contributed by atoms with van der Waals surface area (Å²) in [5, 5.41) is 8.49. The molecular formula is C19H21F4IN4O. The average Bonchev–Trinajstić information content (AvgIpc) is 2.68. The van der Waals surface area contributed by atoms with E-state index in [0.717, 1.165) is 24.3 Å². The summed E-state index contributed by atoms with van der Waals surface area (Å²) >= 11 is 0. The van der Waals surface area contributed by atoms with Gasteiger partial charge >= 0.3 is 6.18 Å². The Labute approximate surface area is 183 Å². The molecule has 0 saturated heterocycles. The third-order valence-corrected chi connectivity index (χ3v) is 3.81. The predicted octanol–water partition coefficient (Wildman–Crippen LogP) is 3.56. The zero-order valence-electron chi connectivity index (χ0n) is 15.5. The smallest absolute Gasteiger partial charge is 0.355 e. The van der Waals surface area contributed by atoms with Gasteiger partial charge in [0.15, 0.2) is 5.96 Å². The molecule has 0 unspecified atom stereocenters. The number of carbonyl (C=O) groups excluding carboxylic acids is 1. The van der Waals surface area contributed by atoms with Gasteiger partial charge in [0.05, 0.1) is 5.56 Å². The van der Waals surface area contributed by atoms with Crippen LogP contribution >= 0.6 is 24.0 Å². The molecule has 3 N–H and O–H groups in total. The lowest BCUT2D eigenvalue weighted by atomic mass is 10.1. The Kier molecular flexibility index (Phi) is 9.86. The molecule has 0 spiro atoms. The number of hydrogen-bond donors (Lipinski definition) is 3. The third-order valence-electron chi connectivity index (χ3n) is 3.81. The van der Waals surface area contributed by atoms with E-state index in [1.54, 1.807) is 25.2 Å². The minimum atomic E-state index is -4.44. The Hall–Kier alpha value is -2.37. The lowest BCUT2D eigenvalue weighted by molar-refractivity contribution is -0.137. The number of nitrogens with zero attached hydrogens (tertiary/aromatic N) is 1. The van der Waals surface area contributed by atoms with Crippen LogP contribution in [0.4, 0.5) is 17.6 Å². The molecule has 2 aromatic rings. The summed E-state index contributed by atoms with van der Waals surface area (Å²) in [4.78, 5) is 16.0. The highest BCUT2D eigenvalue weighted by Gasteiger charge is 2.30. The van der Waals surface area contributed by atoms with Crippen molar-refractivity contribution in [1.82, 2.24) is 16.0 Å². The first-order valence-electron chi connectivity index (χ1n) is 8.44. The van der Waals surface area contributed by atoms with Gasteiger partial charge in [-0.3, -0.25) is 9.79 Å². The molecule has 1 amide bonds. The second kappa shape index (κ2) is 11.6. The fourth-order valence-corrected chi connectivity index (χ4v) is 2.31. The maximum absolute atomic E-state index is 13.6. The molecule has 0 aliphatic rings. The predicted molar refractivity (Wildman–Crippen MR) is 114 cm³/mol. The molecule has 0 atom stereocenters. The molecule has 0 fully saturated rings. The molecule has 0 aliphatic heterocycles. The molecule has 0 heterocycles. The minimum Gasteiger partial charge on any atom is -0.355 e. The van der Waals surface area contributed by atoms with Crippen LogP contribution in [-0.4, -0.2) is 32.0 Å². The molecule has 2 rings (SSSR count). The van der Waals surface area contributed by atoms with Crippen molar-refractivity contribution in [3.05, 3.63) is 71.0 Å². The van der Waals surface area contributed by atoms with Gasteiger partial charge in [0.25, 0.3) is 5.91 Å². The van der Waals surface area contributed by atoms with Gasteiger partial charge in [0.2, 0.25) is 0 Å². The summed E-state index contributed by atoms with van der Waals surface area (Å²) in [6.07, 6.45) is -4.44. The van der Waals surface area contributed by atoms with Crippen LogP contribution in [0.1, 0.15) is 21.5 Å². The number of halogens is 5. The molecule has 2 aromatic carbocycles. The summed E-state index contributed by atoms with van der Waals surface area (Å²) in [5.41, 5.74) is -0.188. The molecule has 5 nitrogen and oxygen atoms in total. The quantitative estimate of drug-likeness (QED) is 0.178. The van der Waals surface area contributed by atoms with Gasteiger partial charge in [0, 0.05) is 37.8 Å². The number of carbonyl (C=O) groups is 1. The Balaban J connectivity index is 0.00000420. The zero-order chi connectivity index (χ0) is 20.6. The Morgan fingerprint density at radius 2 is 1.59 bits per heavy atom. The molecule has 0 saturated carbocycles. The van der Waals surface area contributed by atoms with Crippen molar-refractivity contribution in [3.63, 3.8) is 0 Å². The van der Waals surface area contributed by atoms with E-state index in [1.807, 2.05) is 0 Å². The SMILES string of the molecule is CN=C(NCCNC(=O)c1ccc(C(F)(F)F)cc1)NCc1ccccc1F.I. The first-order valence-corrected chi connectivity index (χ1v) is 8.44. The molecule has 10 heteroatoms. The maximum Gasteiger partial charge on any atom is 0.416 e. The van der Waals surface area contributed by atoms with Crippen LogP contribution in [0.5, 0.6) is 0 Å². The van der Waals surface area contributed by atoms with E-state index in [-0.39, 0.29) is 48.4 Å². The van der Waals surface area contributed by atoms with E-state index in [2.05, 4.69) is 20.9 Å². The van der Waals surface area contributed by atoms with E-state index >= 15 is 0 Å². The van der Waals surface area contributed by atoms with Crippen LogP contribution in [0.3, 0.4) is 0 Å². The summed E-state index contributed by atoms with van der Waals surface area (Å²) in [6.45, 7) is 0.786. The van der Waals surface area contributed by atoms with Gasteiger partial charge in [-0.05, 0) is 30.3 Å². The highest BCUT2D eigenvalue weighted by molar-refractivity contribution is 14.0. The third kappa shape index (κ3) is 7.87. The number of hydrogen-bond acceptors (Lipinski definition) is 2. The molecule has 0 radical (unpaired) electrons. The van der Waals surface area contributed by atoms with Crippen LogP contribution in [0, 0.1) is 5.82 Å². The topological polar surface area (TPSA) is 65.5 Å². The van der Waals surface area contributed by atoms with Gasteiger partial charge in [-0.15, -0.1) is 24.0 Å². The lowest BCUT2D eigenvalue weighted by Crippen LogP contribution is -2.41. The highest BCUT2D eigenvalue weighted by atomic mass is 127. The van der Waals surface area contributed by atoms with Crippen molar-refractivity contribution in [2.45, 2.75) is 12.7 Å². The van der Waals surface area contributed by atoms with Crippen LogP contribution in [0.2, 0.25) is 0 Å². The monoisotopic (exact) mass is 524 g/mol.